The number of unbranched alkanes of at least 4 members (excludes halogenated alkanes) is 5. The van der Waals surface area contributed by atoms with Gasteiger partial charge in [-0.25, -0.2) is 0 Å². The van der Waals surface area contributed by atoms with Gasteiger partial charge >= 0.3 is 12.1 Å². The summed E-state index contributed by atoms with van der Waals surface area (Å²) in [6, 6.07) is 50.2. The number of methoxy groups -OCH3 is 1. The first kappa shape index (κ1) is 62.6. The number of carbonyl (C=O) groups excluding carboxylic acids is 2. The van der Waals surface area contributed by atoms with E-state index in [2.05, 4.69) is 62.5 Å². The second-order valence-electron chi connectivity index (χ2n) is 25.9. The van der Waals surface area contributed by atoms with Crippen molar-refractivity contribution in [3.63, 3.8) is 0 Å². The molecule has 0 radical (unpaired) electrons. The normalized spacial score (nSPS) is 17.3. The van der Waals surface area contributed by atoms with Gasteiger partial charge in [0.15, 0.2) is 5.60 Å². The Morgan fingerprint density at radius 1 is 0.659 bits per heavy atom. The average molecular weight is 1220 g/mol. The Balaban J connectivity index is 0.956. The average Bonchev–Trinajstić information content (AvgIpc) is 1.61. The van der Waals surface area contributed by atoms with E-state index in [1.54, 1.807) is 13.2 Å². The number of hydrogen-bond donors (Lipinski definition) is 1. The van der Waals surface area contributed by atoms with Gasteiger partial charge in [-0.2, -0.15) is 13.2 Å². The van der Waals surface area contributed by atoms with Gasteiger partial charge in [0, 0.05) is 50.5 Å². The Bertz CT molecular complexity index is 4180. The van der Waals surface area contributed by atoms with Crippen LogP contribution in [0.15, 0.2) is 164 Å². The Hall–Kier alpha value is -8.63. The van der Waals surface area contributed by atoms with E-state index < -0.39 is 22.8 Å². The number of hydrogen-bond acceptors (Lipinski definition) is 6. The van der Waals surface area contributed by atoms with Crippen molar-refractivity contribution in [2.24, 2.45) is 5.92 Å². The molecule has 1 aliphatic heterocycles. The fourth-order valence-electron chi connectivity index (χ4n) is 14.5. The molecule has 1 N–H and O–H groups in total. The van der Waals surface area contributed by atoms with E-state index in [0.29, 0.717) is 80.3 Å². The lowest BCUT2D eigenvalue weighted by atomic mass is 9.76. The molecule has 1 amide bonds. The third kappa shape index (κ3) is 12.4. The summed E-state index contributed by atoms with van der Waals surface area (Å²) in [7, 11) is 1.63. The Morgan fingerprint density at radius 3 is 1.99 bits per heavy atom. The van der Waals surface area contributed by atoms with Gasteiger partial charge in [-0.05, 0) is 203 Å². The number of rotatable bonds is 21. The molecule has 9 aromatic carbocycles. The van der Waals surface area contributed by atoms with E-state index in [1.165, 1.54) is 69.1 Å². The van der Waals surface area contributed by atoms with Crippen molar-refractivity contribution >= 4 is 45.2 Å². The van der Waals surface area contributed by atoms with Gasteiger partial charge in [-0.1, -0.05) is 171 Å². The van der Waals surface area contributed by atoms with Crippen LogP contribution in [0, 0.1) is 12.8 Å². The maximum atomic E-state index is 14.8. The van der Waals surface area contributed by atoms with Crippen LogP contribution in [0.25, 0.3) is 61.0 Å². The lowest BCUT2D eigenvalue weighted by Gasteiger charge is -2.39. The van der Waals surface area contributed by atoms with Crippen LogP contribution in [-0.2, 0) is 22.0 Å². The number of amides is 1. The van der Waals surface area contributed by atoms with E-state index in [9.17, 15) is 22.8 Å². The SMILES string of the molecule is CCCCCC(=O)Oc1cccc2c1c(-c1ccc(NC(=O)c3ccc(-c4ccc(C5CCC(CCCCC)CC5)cc4)c(C)c3)cc1)cc1c3c(c4c(c12)OC(c1ccc(OC)cc1)(c1ccc(OCCCC)cc1)C=C4)C(C)(C)c1cc(C(F)(F)F)ccc1-3. The van der Waals surface area contributed by atoms with Crippen LogP contribution in [0.5, 0.6) is 23.0 Å². The number of aryl methyl sites for hydroxylation is 1. The molecule has 1 unspecified atom stereocenters. The minimum atomic E-state index is -4.58. The van der Waals surface area contributed by atoms with Crippen molar-refractivity contribution in [2.75, 3.05) is 19.0 Å². The summed E-state index contributed by atoms with van der Waals surface area (Å²) in [5.41, 5.74) is 9.50. The summed E-state index contributed by atoms with van der Waals surface area (Å²) in [5.74, 6) is 3.14. The van der Waals surface area contributed by atoms with Crippen LogP contribution < -0.4 is 24.3 Å². The Kier molecular flexibility index (Phi) is 18.1. The molecule has 7 nitrogen and oxygen atoms in total. The highest BCUT2D eigenvalue weighted by molar-refractivity contribution is 6.23. The maximum absolute atomic E-state index is 14.8. The fourth-order valence-corrected chi connectivity index (χ4v) is 14.5. The standard InChI is InChI=1S/C81H82F3NO6/c1-8-11-14-17-52-21-23-53(24-22-52)54-25-27-55(28-26-54)64-43-31-57(48-51(64)4)78(87)85-61-37-29-56(30-38-61)68-50-69-74-65-44-36-60(81(82,83)84)49-70(65)79(5,6)76(74)67-45-46-80(58-32-39-62(88-7)40-33-58,59-34-41-63(42-35-59)89-47-13-10-3)91-77(67)75(69)66-18-16-19-71(73(66)68)90-72(86)20-15-12-9-2/h16,18-19,25-46,48-50,52-53H,8-15,17,20-24,47H2,1-7H3,(H,85,87). The lowest BCUT2D eigenvalue weighted by Crippen LogP contribution is -2.35. The number of benzene rings is 9. The van der Waals surface area contributed by atoms with E-state index in [1.807, 2.05) is 136 Å². The van der Waals surface area contributed by atoms with Crippen molar-refractivity contribution in [1.82, 2.24) is 0 Å². The van der Waals surface area contributed by atoms with Crippen LogP contribution in [-0.4, -0.2) is 25.6 Å². The van der Waals surface area contributed by atoms with Gasteiger partial charge in [0.25, 0.3) is 5.91 Å². The maximum Gasteiger partial charge on any atom is 0.416 e. The first-order chi connectivity index (χ1) is 44.0. The number of alkyl halides is 3. The molecular weight excluding hydrogens is 1140 g/mol. The third-order valence-corrected chi connectivity index (χ3v) is 19.5. The molecule has 1 fully saturated rings. The molecule has 2 aliphatic carbocycles. The summed E-state index contributed by atoms with van der Waals surface area (Å²) in [5, 5.41) is 5.96. The number of nitrogens with one attached hydrogen (secondary N) is 1. The van der Waals surface area contributed by atoms with Crippen molar-refractivity contribution < 1.29 is 41.7 Å². The van der Waals surface area contributed by atoms with Gasteiger partial charge < -0.3 is 24.3 Å². The highest BCUT2D eigenvalue weighted by Gasteiger charge is 2.46. The lowest BCUT2D eigenvalue weighted by molar-refractivity contribution is -0.137. The Morgan fingerprint density at radius 2 is 1.32 bits per heavy atom. The quantitative estimate of drug-likeness (QED) is 0.0334. The molecule has 12 rings (SSSR count). The zero-order valence-electron chi connectivity index (χ0n) is 53.5. The van der Waals surface area contributed by atoms with Gasteiger partial charge in [0.1, 0.15) is 23.0 Å². The molecule has 0 bridgehead atoms. The molecule has 1 heterocycles. The van der Waals surface area contributed by atoms with Gasteiger partial charge in [-0.15, -0.1) is 0 Å². The summed E-state index contributed by atoms with van der Waals surface area (Å²) >= 11 is 0. The van der Waals surface area contributed by atoms with Gasteiger partial charge in [-0.3, -0.25) is 9.59 Å². The summed E-state index contributed by atoms with van der Waals surface area (Å²) in [6.45, 7) is 13.1. The predicted molar refractivity (Wildman–Crippen MR) is 363 cm³/mol. The second kappa shape index (κ2) is 26.3. The van der Waals surface area contributed by atoms with Gasteiger partial charge in [0.2, 0.25) is 0 Å². The molecule has 3 aliphatic rings. The van der Waals surface area contributed by atoms with E-state index >= 15 is 0 Å². The fraction of sp³-hybridized carbons (Fsp3) is 0.333. The molecular formula is C81H82F3NO6. The highest BCUT2D eigenvalue weighted by Crippen LogP contribution is 2.61. The second-order valence-corrected chi connectivity index (χ2v) is 25.9. The van der Waals surface area contributed by atoms with Crippen molar-refractivity contribution in [3.8, 4) is 56.4 Å². The number of anilines is 1. The summed E-state index contributed by atoms with van der Waals surface area (Å²) in [6.07, 6.45) is 14.6. The first-order valence-corrected chi connectivity index (χ1v) is 32.9. The molecule has 0 aromatic heterocycles. The molecule has 0 spiro atoms. The molecule has 91 heavy (non-hydrogen) atoms. The number of fused-ring (bicyclic) bond motifs is 10. The molecule has 468 valence electrons. The zero-order valence-corrected chi connectivity index (χ0v) is 53.5. The molecule has 0 saturated heterocycles. The zero-order chi connectivity index (χ0) is 63.6. The van der Waals surface area contributed by atoms with Crippen molar-refractivity contribution in [3.05, 3.63) is 214 Å². The largest absolute Gasteiger partial charge is 0.497 e. The summed E-state index contributed by atoms with van der Waals surface area (Å²) < 4.78 is 70.5. The highest BCUT2D eigenvalue weighted by atomic mass is 19.4. The molecule has 10 heteroatoms. The monoisotopic (exact) mass is 1220 g/mol. The van der Waals surface area contributed by atoms with Crippen molar-refractivity contribution in [2.45, 2.75) is 155 Å². The number of esters is 1. The van der Waals surface area contributed by atoms with Crippen LogP contribution >= 0.6 is 0 Å². The van der Waals surface area contributed by atoms with E-state index in [-0.39, 0.29) is 18.3 Å². The van der Waals surface area contributed by atoms with Crippen molar-refractivity contribution in [1.29, 1.82) is 0 Å². The smallest absolute Gasteiger partial charge is 0.416 e. The van der Waals surface area contributed by atoms with Crippen LogP contribution in [0.4, 0.5) is 18.9 Å². The third-order valence-electron chi connectivity index (χ3n) is 19.5. The molecule has 1 atom stereocenters. The van der Waals surface area contributed by atoms with E-state index in [4.69, 9.17) is 18.9 Å². The minimum absolute atomic E-state index is 0.229. The van der Waals surface area contributed by atoms with Crippen LogP contribution in [0.3, 0.4) is 0 Å². The first-order valence-electron chi connectivity index (χ1n) is 32.9. The molecule has 1 saturated carbocycles. The summed E-state index contributed by atoms with van der Waals surface area (Å²) in [4.78, 5) is 28.1. The molecule has 9 aromatic rings. The minimum Gasteiger partial charge on any atom is -0.497 e. The number of halogens is 3. The topological polar surface area (TPSA) is 83.1 Å². The van der Waals surface area contributed by atoms with Crippen LogP contribution in [0.1, 0.15) is 185 Å². The van der Waals surface area contributed by atoms with Gasteiger partial charge in [0.05, 0.1) is 19.3 Å². The number of ether oxygens (including phenoxy) is 4. The van der Waals surface area contributed by atoms with Crippen LogP contribution in [0.2, 0.25) is 0 Å². The van der Waals surface area contributed by atoms with E-state index in [0.717, 1.165) is 92.8 Å². The number of carbonyl (C=O) groups is 2. The Labute approximate surface area is 534 Å². The predicted octanol–water partition coefficient (Wildman–Crippen LogP) is 22.1.